The van der Waals surface area contributed by atoms with Crippen molar-refractivity contribution in [3.63, 3.8) is 0 Å². The quantitative estimate of drug-likeness (QED) is 0.750. The molecular weight excluding hydrogens is 252 g/mol. The van der Waals surface area contributed by atoms with Crippen molar-refractivity contribution in [1.82, 2.24) is 0 Å². The molecule has 1 fully saturated rings. The molecule has 88 valence electrons. The van der Waals surface area contributed by atoms with Crippen LogP contribution in [0.2, 0.25) is 0 Å². The minimum atomic E-state index is -2.91. The summed E-state index contributed by atoms with van der Waals surface area (Å²) >= 11 is 3.52. The van der Waals surface area contributed by atoms with Crippen LogP contribution >= 0.6 is 23.5 Å². The highest BCUT2D eigenvalue weighted by molar-refractivity contribution is 8.07. The Bertz CT molecular complexity index is 305. The topological polar surface area (TPSA) is 51.2 Å². The first kappa shape index (κ1) is 13.4. The number of rotatable bonds is 5. The highest BCUT2D eigenvalue weighted by Crippen LogP contribution is 2.25. The lowest BCUT2D eigenvalue weighted by atomic mass is 10.2. The molecule has 1 rings (SSSR count). The Labute approximate surface area is 99.7 Å². The number of thioether (sulfide) groups is 2. The molecule has 0 N–H and O–H groups in total. The molecule has 1 heterocycles. The average molecular weight is 268 g/mol. The molecule has 1 aliphatic heterocycles. The Morgan fingerprint density at radius 3 is 2.67 bits per heavy atom. The van der Waals surface area contributed by atoms with E-state index in [0.29, 0.717) is 12.8 Å². The van der Waals surface area contributed by atoms with Crippen molar-refractivity contribution in [1.29, 1.82) is 0 Å². The number of carbonyl (C=O) groups excluding carboxylic acids is 1. The van der Waals surface area contributed by atoms with Gasteiger partial charge >= 0.3 is 0 Å². The first-order chi connectivity index (χ1) is 6.99. The van der Waals surface area contributed by atoms with E-state index in [1.54, 1.807) is 11.8 Å². The van der Waals surface area contributed by atoms with Crippen LogP contribution in [-0.4, -0.2) is 48.7 Å². The smallest absolute Gasteiger partial charge is 0.147 e. The molecule has 0 aliphatic carbocycles. The fraction of sp³-hybridized carbons (Fsp3) is 0.889. The monoisotopic (exact) mass is 268 g/mol. The molecule has 1 unspecified atom stereocenters. The van der Waals surface area contributed by atoms with Crippen molar-refractivity contribution in [2.75, 3.05) is 29.3 Å². The maximum absolute atomic E-state index is 11.7. The SMILES string of the molecule is CS(=O)(=O)CCCC(=O)C1CSCCS1. The zero-order valence-corrected chi connectivity index (χ0v) is 11.2. The van der Waals surface area contributed by atoms with Crippen LogP contribution in [0.5, 0.6) is 0 Å². The maximum atomic E-state index is 11.7. The molecule has 0 radical (unpaired) electrons. The third kappa shape index (κ3) is 5.82. The predicted octanol–water partition coefficient (Wildman–Crippen LogP) is 1.23. The van der Waals surface area contributed by atoms with Gasteiger partial charge < -0.3 is 0 Å². The molecule has 15 heavy (non-hydrogen) atoms. The Hall–Kier alpha value is 0.320. The first-order valence-corrected chi connectivity index (χ1v) is 9.15. The van der Waals surface area contributed by atoms with Gasteiger partial charge in [0, 0.05) is 29.9 Å². The van der Waals surface area contributed by atoms with Crippen LogP contribution in [-0.2, 0) is 14.6 Å². The van der Waals surface area contributed by atoms with Crippen LogP contribution in [0.3, 0.4) is 0 Å². The second-order valence-corrected chi connectivity index (χ2v) is 8.35. The zero-order valence-electron chi connectivity index (χ0n) is 8.77. The minimum absolute atomic E-state index is 0.100. The average Bonchev–Trinajstić information content (AvgIpc) is 2.17. The molecule has 1 atom stereocenters. The van der Waals surface area contributed by atoms with Crippen LogP contribution in [0.25, 0.3) is 0 Å². The van der Waals surface area contributed by atoms with Gasteiger partial charge in [-0.3, -0.25) is 4.79 Å². The van der Waals surface area contributed by atoms with E-state index in [1.807, 2.05) is 11.8 Å². The Morgan fingerprint density at radius 2 is 2.13 bits per heavy atom. The number of sulfone groups is 1. The summed E-state index contributed by atoms with van der Waals surface area (Å²) in [4.78, 5) is 11.7. The van der Waals surface area contributed by atoms with Gasteiger partial charge in [0.1, 0.15) is 15.6 Å². The van der Waals surface area contributed by atoms with Crippen LogP contribution in [0, 0.1) is 0 Å². The highest BCUT2D eigenvalue weighted by atomic mass is 32.2. The fourth-order valence-electron chi connectivity index (χ4n) is 1.34. The summed E-state index contributed by atoms with van der Waals surface area (Å²) in [6, 6.07) is 0. The second-order valence-electron chi connectivity index (χ2n) is 3.63. The Kier molecular flexibility index (Phi) is 5.49. The van der Waals surface area contributed by atoms with Gasteiger partial charge in [0.15, 0.2) is 0 Å². The molecular formula is C9H16O3S3. The van der Waals surface area contributed by atoms with E-state index < -0.39 is 9.84 Å². The molecule has 0 aromatic rings. The van der Waals surface area contributed by atoms with Crippen molar-refractivity contribution in [2.24, 2.45) is 0 Å². The van der Waals surface area contributed by atoms with E-state index >= 15 is 0 Å². The van der Waals surface area contributed by atoms with Gasteiger partial charge in [-0.1, -0.05) is 0 Å². The largest absolute Gasteiger partial charge is 0.298 e. The molecule has 0 amide bonds. The summed E-state index contributed by atoms with van der Waals surface area (Å²) in [5.74, 6) is 3.40. The van der Waals surface area contributed by atoms with Crippen LogP contribution in [0.1, 0.15) is 12.8 Å². The molecule has 1 aliphatic rings. The van der Waals surface area contributed by atoms with Gasteiger partial charge in [0.05, 0.1) is 11.0 Å². The molecule has 3 nitrogen and oxygen atoms in total. The third-order valence-electron chi connectivity index (χ3n) is 2.11. The molecule has 0 spiro atoms. The summed E-state index contributed by atoms with van der Waals surface area (Å²) in [6.45, 7) is 0. The number of carbonyl (C=O) groups is 1. The molecule has 0 aromatic carbocycles. The molecule has 0 aromatic heterocycles. The van der Waals surface area contributed by atoms with Crippen LogP contribution in [0.15, 0.2) is 0 Å². The third-order valence-corrected chi connectivity index (χ3v) is 5.95. The van der Waals surface area contributed by atoms with Gasteiger partial charge in [-0.05, 0) is 6.42 Å². The predicted molar refractivity (Wildman–Crippen MR) is 67.5 cm³/mol. The van der Waals surface area contributed by atoms with E-state index in [9.17, 15) is 13.2 Å². The number of Topliss-reactive ketones (excluding diaryl/α,β-unsaturated/α-hetero) is 1. The normalized spacial score (nSPS) is 22.6. The lowest BCUT2D eigenvalue weighted by Gasteiger charge is -2.19. The molecule has 0 bridgehead atoms. The van der Waals surface area contributed by atoms with Crippen LogP contribution < -0.4 is 0 Å². The van der Waals surface area contributed by atoms with E-state index in [1.165, 1.54) is 6.26 Å². The minimum Gasteiger partial charge on any atom is -0.298 e. The van der Waals surface area contributed by atoms with Gasteiger partial charge in [-0.2, -0.15) is 11.8 Å². The zero-order chi connectivity index (χ0) is 11.3. The molecule has 6 heteroatoms. The van der Waals surface area contributed by atoms with Crippen molar-refractivity contribution >= 4 is 39.1 Å². The maximum Gasteiger partial charge on any atom is 0.147 e. The van der Waals surface area contributed by atoms with Crippen molar-refractivity contribution in [3.8, 4) is 0 Å². The van der Waals surface area contributed by atoms with Gasteiger partial charge in [0.25, 0.3) is 0 Å². The lowest BCUT2D eigenvalue weighted by molar-refractivity contribution is -0.118. The van der Waals surface area contributed by atoms with E-state index in [0.717, 1.165) is 17.3 Å². The first-order valence-electron chi connectivity index (χ1n) is 4.89. The number of hydrogen-bond donors (Lipinski definition) is 0. The fourth-order valence-corrected chi connectivity index (χ4v) is 4.70. The number of ketones is 1. The van der Waals surface area contributed by atoms with E-state index in [-0.39, 0.29) is 16.8 Å². The van der Waals surface area contributed by atoms with E-state index in [2.05, 4.69) is 0 Å². The van der Waals surface area contributed by atoms with Crippen molar-refractivity contribution in [3.05, 3.63) is 0 Å². The molecule has 0 saturated carbocycles. The van der Waals surface area contributed by atoms with E-state index in [4.69, 9.17) is 0 Å². The lowest BCUT2D eigenvalue weighted by Crippen LogP contribution is -2.24. The van der Waals surface area contributed by atoms with Gasteiger partial charge in [0.2, 0.25) is 0 Å². The van der Waals surface area contributed by atoms with Gasteiger partial charge in [-0.25, -0.2) is 8.42 Å². The molecule has 1 saturated heterocycles. The summed E-state index contributed by atoms with van der Waals surface area (Å²) < 4.78 is 21.7. The number of hydrogen-bond acceptors (Lipinski definition) is 5. The summed E-state index contributed by atoms with van der Waals surface area (Å²) in [5, 5.41) is 0.100. The van der Waals surface area contributed by atoms with Gasteiger partial charge in [-0.15, -0.1) is 11.8 Å². The van der Waals surface area contributed by atoms with Crippen molar-refractivity contribution in [2.45, 2.75) is 18.1 Å². The van der Waals surface area contributed by atoms with Crippen LogP contribution in [0.4, 0.5) is 0 Å². The summed E-state index contributed by atoms with van der Waals surface area (Å²) in [7, 11) is -2.91. The Balaban J connectivity index is 2.23. The standard InChI is InChI=1S/C9H16O3S3/c1-15(11,12)6-2-3-8(10)9-7-13-4-5-14-9/h9H,2-7H2,1H3. The summed E-state index contributed by atoms with van der Waals surface area (Å²) in [5.41, 5.74) is 0. The van der Waals surface area contributed by atoms with Crippen molar-refractivity contribution < 1.29 is 13.2 Å². The highest BCUT2D eigenvalue weighted by Gasteiger charge is 2.21. The summed E-state index contributed by atoms with van der Waals surface area (Å²) in [6.07, 6.45) is 2.09. The Morgan fingerprint density at radius 1 is 1.40 bits per heavy atom. The second kappa shape index (κ2) is 6.15.